The molecule has 1 heterocycles. The molecule has 0 unspecified atom stereocenters. The van der Waals surface area contributed by atoms with E-state index in [2.05, 4.69) is 4.98 Å². The molecule has 0 bridgehead atoms. The average Bonchev–Trinajstić information content (AvgIpc) is 2.64. The van der Waals surface area contributed by atoms with E-state index in [4.69, 9.17) is 28.2 Å². The lowest BCUT2D eigenvalue weighted by molar-refractivity contribution is 0.709. The molecule has 1 aromatic carbocycles. The summed E-state index contributed by atoms with van der Waals surface area (Å²) in [5, 5.41) is 1.29. The second-order valence-corrected chi connectivity index (χ2v) is 5.63. The zero-order valence-corrected chi connectivity index (χ0v) is 12.0. The van der Waals surface area contributed by atoms with Crippen molar-refractivity contribution in [1.82, 2.24) is 9.97 Å². The SMILES string of the molecule is Clc1cccc(-c2nc(Cl)c3c(n2)CCCCC3)c1. The lowest BCUT2D eigenvalue weighted by Crippen LogP contribution is -2.02. The highest BCUT2D eigenvalue weighted by Gasteiger charge is 2.16. The lowest BCUT2D eigenvalue weighted by Gasteiger charge is -2.09. The van der Waals surface area contributed by atoms with Gasteiger partial charge < -0.3 is 0 Å². The van der Waals surface area contributed by atoms with Crippen LogP contribution in [0, 0.1) is 0 Å². The normalized spacial score (nSPS) is 14.8. The Morgan fingerprint density at radius 3 is 2.63 bits per heavy atom. The number of nitrogens with zero attached hydrogens (tertiary/aromatic N) is 2. The molecular weight excluding hydrogens is 279 g/mol. The van der Waals surface area contributed by atoms with E-state index in [1.807, 2.05) is 24.3 Å². The highest BCUT2D eigenvalue weighted by Crippen LogP contribution is 2.28. The van der Waals surface area contributed by atoms with Crippen LogP contribution in [0.3, 0.4) is 0 Å². The number of benzene rings is 1. The monoisotopic (exact) mass is 292 g/mol. The summed E-state index contributed by atoms with van der Waals surface area (Å²) in [6.07, 6.45) is 5.57. The maximum atomic E-state index is 6.33. The first-order chi connectivity index (χ1) is 9.24. The Morgan fingerprint density at radius 2 is 1.79 bits per heavy atom. The number of fused-ring (bicyclic) bond motifs is 1. The Labute approximate surface area is 122 Å². The van der Waals surface area contributed by atoms with Crippen LogP contribution in [-0.2, 0) is 12.8 Å². The van der Waals surface area contributed by atoms with Gasteiger partial charge in [0.15, 0.2) is 5.82 Å². The van der Waals surface area contributed by atoms with E-state index in [0.29, 0.717) is 16.0 Å². The Bertz CT molecular complexity index is 611. The molecule has 2 nitrogen and oxygen atoms in total. The predicted molar refractivity (Wildman–Crippen MR) is 78.7 cm³/mol. The summed E-state index contributed by atoms with van der Waals surface area (Å²) in [5.74, 6) is 0.674. The highest BCUT2D eigenvalue weighted by molar-refractivity contribution is 6.31. The second kappa shape index (κ2) is 5.48. The van der Waals surface area contributed by atoms with Crippen molar-refractivity contribution in [2.45, 2.75) is 32.1 Å². The number of hydrogen-bond acceptors (Lipinski definition) is 2. The van der Waals surface area contributed by atoms with Crippen LogP contribution in [0.1, 0.15) is 30.5 Å². The second-order valence-electron chi connectivity index (χ2n) is 4.83. The van der Waals surface area contributed by atoms with E-state index in [9.17, 15) is 0 Å². The fraction of sp³-hybridized carbons (Fsp3) is 0.333. The zero-order chi connectivity index (χ0) is 13.2. The first-order valence-electron chi connectivity index (χ1n) is 6.55. The standard InChI is InChI=1S/C15H14Cl2N2/c16-11-6-4-5-10(9-11)15-18-13-8-3-1-2-7-12(13)14(17)19-15/h4-6,9H,1-3,7-8H2. The van der Waals surface area contributed by atoms with Gasteiger partial charge in [-0.2, -0.15) is 0 Å². The molecule has 2 aromatic rings. The lowest BCUT2D eigenvalue weighted by atomic mass is 10.1. The molecule has 1 aromatic heterocycles. The molecule has 0 radical (unpaired) electrons. The van der Waals surface area contributed by atoms with Crippen molar-refractivity contribution in [2.75, 3.05) is 0 Å². The smallest absolute Gasteiger partial charge is 0.161 e. The Hall–Kier alpha value is -1.12. The fourth-order valence-electron chi connectivity index (χ4n) is 2.48. The molecule has 0 aliphatic heterocycles. The Kier molecular flexibility index (Phi) is 3.72. The largest absolute Gasteiger partial charge is 0.233 e. The summed E-state index contributed by atoms with van der Waals surface area (Å²) in [5.41, 5.74) is 3.15. The van der Waals surface area contributed by atoms with Crippen LogP contribution in [0.4, 0.5) is 0 Å². The summed E-state index contributed by atoms with van der Waals surface area (Å²) in [4.78, 5) is 9.13. The van der Waals surface area contributed by atoms with Gasteiger partial charge >= 0.3 is 0 Å². The van der Waals surface area contributed by atoms with Gasteiger partial charge in [-0.25, -0.2) is 9.97 Å². The Morgan fingerprint density at radius 1 is 0.947 bits per heavy atom. The number of rotatable bonds is 1. The van der Waals surface area contributed by atoms with Gasteiger partial charge in [0.05, 0.1) is 0 Å². The van der Waals surface area contributed by atoms with Gasteiger partial charge in [0, 0.05) is 21.8 Å². The van der Waals surface area contributed by atoms with Crippen molar-refractivity contribution in [3.8, 4) is 11.4 Å². The van der Waals surface area contributed by atoms with Gasteiger partial charge in [-0.15, -0.1) is 0 Å². The van der Waals surface area contributed by atoms with Gasteiger partial charge in [-0.3, -0.25) is 0 Å². The summed E-state index contributed by atoms with van der Waals surface area (Å²) in [6.45, 7) is 0. The number of aryl methyl sites for hydroxylation is 1. The van der Waals surface area contributed by atoms with E-state index in [1.165, 1.54) is 19.3 Å². The molecule has 0 saturated carbocycles. The number of aromatic nitrogens is 2. The summed E-state index contributed by atoms with van der Waals surface area (Å²) in [6, 6.07) is 7.58. The molecule has 0 fully saturated rings. The molecule has 4 heteroatoms. The third-order valence-corrected chi connectivity index (χ3v) is 4.01. The van der Waals surface area contributed by atoms with Gasteiger partial charge in [-0.1, -0.05) is 41.8 Å². The molecule has 0 amide bonds. The van der Waals surface area contributed by atoms with E-state index in [0.717, 1.165) is 29.7 Å². The van der Waals surface area contributed by atoms with Gasteiger partial charge in [0.2, 0.25) is 0 Å². The van der Waals surface area contributed by atoms with Crippen molar-refractivity contribution in [3.05, 3.63) is 45.7 Å². The van der Waals surface area contributed by atoms with Crippen molar-refractivity contribution >= 4 is 23.2 Å². The van der Waals surface area contributed by atoms with Crippen LogP contribution >= 0.6 is 23.2 Å². The maximum Gasteiger partial charge on any atom is 0.161 e. The van der Waals surface area contributed by atoms with Crippen molar-refractivity contribution in [1.29, 1.82) is 0 Å². The van der Waals surface area contributed by atoms with Crippen LogP contribution in [0.5, 0.6) is 0 Å². The van der Waals surface area contributed by atoms with E-state index < -0.39 is 0 Å². The van der Waals surface area contributed by atoms with Crippen LogP contribution < -0.4 is 0 Å². The zero-order valence-electron chi connectivity index (χ0n) is 10.5. The minimum absolute atomic E-state index is 0.599. The van der Waals surface area contributed by atoms with Gasteiger partial charge in [0.1, 0.15) is 5.15 Å². The summed E-state index contributed by atoms with van der Waals surface area (Å²) >= 11 is 12.3. The molecule has 19 heavy (non-hydrogen) atoms. The molecule has 98 valence electrons. The van der Waals surface area contributed by atoms with Gasteiger partial charge in [0.25, 0.3) is 0 Å². The molecule has 1 aliphatic rings. The van der Waals surface area contributed by atoms with E-state index in [1.54, 1.807) is 0 Å². The molecule has 0 saturated heterocycles. The third-order valence-electron chi connectivity index (χ3n) is 3.47. The first kappa shape index (κ1) is 12.9. The van der Waals surface area contributed by atoms with Gasteiger partial charge in [-0.05, 0) is 37.8 Å². The van der Waals surface area contributed by atoms with Crippen LogP contribution in [0.25, 0.3) is 11.4 Å². The van der Waals surface area contributed by atoms with Crippen LogP contribution in [-0.4, -0.2) is 9.97 Å². The molecule has 3 rings (SSSR count). The number of halogens is 2. The first-order valence-corrected chi connectivity index (χ1v) is 7.31. The fourth-order valence-corrected chi connectivity index (χ4v) is 2.96. The van der Waals surface area contributed by atoms with E-state index in [-0.39, 0.29) is 0 Å². The summed E-state index contributed by atoms with van der Waals surface area (Å²) < 4.78 is 0. The van der Waals surface area contributed by atoms with Crippen LogP contribution in [0.2, 0.25) is 10.2 Å². The predicted octanol–water partition coefficient (Wildman–Crippen LogP) is 4.72. The maximum absolute atomic E-state index is 6.33. The minimum atomic E-state index is 0.599. The quantitative estimate of drug-likeness (QED) is 0.561. The highest BCUT2D eigenvalue weighted by atomic mass is 35.5. The number of hydrogen-bond donors (Lipinski definition) is 0. The topological polar surface area (TPSA) is 25.8 Å². The molecule has 0 N–H and O–H groups in total. The molecule has 0 spiro atoms. The minimum Gasteiger partial charge on any atom is -0.233 e. The van der Waals surface area contributed by atoms with E-state index >= 15 is 0 Å². The molecular formula is C15H14Cl2N2. The van der Waals surface area contributed by atoms with Crippen LogP contribution in [0.15, 0.2) is 24.3 Å². The van der Waals surface area contributed by atoms with Crippen molar-refractivity contribution in [3.63, 3.8) is 0 Å². The summed E-state index contributed by atoms with van der Waals surface area (Å²) in [7, 11) is 0. The van der Waals surface area contributed by atoms with Crippen molar-refractivity contribution in [2.24, 2.45) is 0 Å². The van der Waals surface area contributed by atoms with Crippen molar-refractivity contribution < 1.29 is 0 Å². The average molecular weight is 293 g/mol. The molecule has 0 atom stereocenters. The Balaban J connectivity index is 2.09. The third kappa shape index (κ3) is 2.75. The molecule has 1 aliphatic carbocycles.